The molecule has 2 heterocycles. The van der Waals surface area contributed by atoms with E-state index in [2.05, 4.69) is 4.98 Å². The Balaban J connectivity index is 1.71. The number of aromatic nitrogens is 1. The van der Waals surface area contributed by atoms with Crippen molar-refractivity contribution in [2.45, 2.75) is 57.7 Å². The molecule has 0 bridgehead atoms. The lowest BCUT2D eigenvalue weighted by Crippen LogP contribution is -2.48. The van der Waals surface area contributed by atoms with Crippen molar-refractivity contribution in [3.8, 4) is 0 Å². The summed E-state index contributed by atoms with van der Waals surface area (Å²) < 4.78 is 5.71. The van der Waals surface area contributed by atoms with E-state index in [1.807, 2.05) is 69.3 Å². The minimum Gasteiger partial charge on any atom is -0.481 e. The number of carboxylic acid groups (broad SMARTS) is 1. The molecule has 3 atom stereocenters. The molecule has 184 valence electrons. The van der Waals surface area contributed by atoms with Gasteiger partial charge in [0.25, 0.3) is 0 Å². The molecular formula is C28H31ClN2O4. The van der Waals surface area contributed by atoms with Gasteiger partial charge in [-0.15, -0.1) is 0 Å². The molecule has 0 saturated heterocycles. The Hall–Kier alpha value is -3.25. The molecule has 6 nitrogen and oxygen atoms in total. The van der Waals surface area contributed by atoms with E-state index in [0.29, 0.717) is 18.0 Å². The molecule has 1 aromatic heterocycles. The third-order valence-corrected chi connectivity index (χ3v) is 6.67. The lowest BCUT2D eigenvalue weighted by molar-refractivity contribution is -0.143. The maximum absolute atomic E-state index is 13.2. The Morgan fingerprint density at radius 2 is 1.77 bits per heavy atom. The number of carboxylic acids is 1. The third-order valence-electron chi connectivity index (χ3n) is 6.42. The number of benzene rings is 2. The summed E-state index contributed by atoms with van der Waals surface area (Å²) in [6.07, 6.45) is 2.21. The Morgan fingerprint density at radius 1 is 1.09 bits per heavy atom. The molecular weight excluding hydrogens is 464 g/mol. The molecule has 4 rings (SSSR count). The molecule has 1 amide bonds. The lowest BCUT2D eigenvalue weighted by Gasteiger charge is -2.39. The summed E-state index contributed by atoms with van der Waals surface area (Å²) in [7, 11) is 0. The Kier molecular flexibility index (Phi) is 7.22. The number of aliphatic carboxylic acids is 1. The van der Waals surface area contributed by atoms with E-state index < -0.39 is 29.5 Å². The third kappa shape index (κ3) is 5.88. The molecule has 1 aliphatic heterocycles. The normalized spacial score (nSPS) is 17.4. The highest BCUT2D eigenvalue weighted by atomic mass is 35.5. The first kappa shape index (κ1) is 24.9. The van der Waals surface area contributed by atoms with Crippen molar-refractivity contribution >= 4 is 23.7 Å². The zero-order valence-electron chi connectivity index (χ0n) is 20.2. The number of carbonyl (C=O) groups is 2. The van der Waals surface area contributed by atoms with E-state index in [9.17, 15) is 14.7 Å². The van der Waals surface area contributed by atoms with Crippen molar-refractivity contribution in [1.29, 1.82) is 0 Å². The zero-order chi connectivity index (χ0) is 25.2. The average molecular weight is 495 g/mol. The van der Waals surface area contributed by atoms with Crippen LogP contribution in [0.15, 0.2) is 66.9 Å². The van der Waals surface area contributed by atoms with Crippen LogP contribution in [0.1, 0.15) is 55.5 Å². The van der Waals surface area contributed by atoms with Crippen LogP contribution >= 0.6 is 11.6 Å². The van der Waals surface area contributed by atoms with Gasteiger partial charge in [0.15, 0.2) is 0 Å². The van der Waals surface area contributed by atoms with E-state index in [1.165, 1.54) is 0 Å². The summed E-state index contributed by atoms with van der Waals surface area (Å²) in [5.41, 5.74) is 3.19. The van der Waals surface area contributed by atoms with Crippen LogP contribution in [0.2, 0.25) is 5.02 Å². The minimum atomic E-state index is -0.914. The largest absolute Gasteiger partial charge is 0.481 e. The van der Waals surface area contributed by atoms with Crippen LogP contribution in [0.4, 0.5) is 4.79 Å². The molecule has 3 unspecified atom stereocenters. The van der Waals surface area contributed by atoms with Gasteiger partial charge in [0.2, 0.25) is 0 Å². The molecule has 2 aromatic carbocycles. The summed E-state index contributed by atoms with van der Waals surface area (Å²) >= 11 is 6.11. The summed E-state index contributed by atoms with van der Waals surface area (Å²) in [6, 6.07) is 18.7. The number of nitrogens with zero attached hydrogens (tertiary/aromatic N) is 1. The van der Waals surface area contributed by atoms with E-state index in [0.717, 1.165) is 22.4 Å². The number of amides is 1. The SMILES string of the molecule is CC(C)(C)OC(=O)N1Cc2ccccc2CC1CC(C(=O)O)C(c1ccc(Cl)cc1)c1ccc[nH]1. The van der Waals surface area contributed by atoms with Gasteiger partial charge in [-0.1, -0.05) is 48.0 Å². The zero-order valence-corrected chi connectivity index (χ0v) is 21.0. The number of fused-ring (bicyclic) bond motifs is 1. The number of rotatable bonds is 6. The van der Waals surface area contributed by atoms with E-state index in [4.69, 9.17) is 16.3 Å². The van der Waals surface area contributed by atoms with Crippen molar-refractivity contribution in [1.82, 2.24) is 9.88 Å². The molecule has 0 saturated carbocycles. The van der Waals surface area contributed by atoms with Crippen molar-refractivity contribution in [3.05, 3.63) is 94.3 Å². The number of hydrogen-bond acceptors (Lipinski definition) is 3. The molecule has 0 radical (unpaired) electrons. The van der Waals surface area contributed by atoms with Gasteiger partial charge in [0.1, 0.15) is 5.60 Å². The number of aromatic amines is 1. The number of ether oxygens (including phenoxy) is 1. The summed E-state index contributed by atoms with van der Waals surface area (Å²) in [5.74, 6) is -2.13. The molecule has 0 aliphatic carbocycles. The lowest BCUT2D eigenvalue weighted by atomic mass is 9.78. The van der Waals surface area contributed by atoms with Crippen LogP contribution in [0.25, 0.3) is 0 Å². The van der Waals surface area contributed by atoms with Gasteiger partial charge in [0, 0.05) is 35.4 Å². The van der Waals surface area contributed by atoms with Gasteiger partial charge < -0.3 is 19.7 Å². The summed E-state index contributed by atoms with van der Waals surface area (Å²) in [4.78, 5) is 30.8. The molecule has 0 fully saturated rings. The van der Waals surface area contributed by atoms with Crippen molar-refractivity contribution in [2.24, 2.45) is 5.92 Å². The molecule has 35 heavy (non-hydrogen) atoms. The fourth-order valence-corrected chi connectivity index (χ4v) is 4.97. The van der Waals surface area contributed by atoms with E-state index >= 15 is 0 Å². The Bertz CT molecular complexity index is 1170. The number of hydrogen-bond donors (Lipinski definition) is 2. The van der Waals surface area contributed by atoms with E-state index in [-0.39, 0.29) is 12.5 Å². The van der Waals surface area contributed by atoms with Crippen LogP contribution in [0, 0.1) is 5.92 Å². The van der Waals surface area contributed by atoms with Gasteiger partial charge >= 0.3 is 12.1 Å². The fraction of sp³-hybridized carbons (Fsp3) is 0.357. The Morgan fingerprint density at radius 3 is 2.37 bits per heavy atom. The smallest absolute Gasteiger partial charge is 0.410 e. The quantitative estimate of drug-likeness (QED) is 0.424. The van der Waals surface area contributed by atoms with Crippen LogP contribution < -0.4 is 0 Å². The minimum absolute atomic E-state index is 0.273. The molecule has 0 spiro atoms. The highest BCUT2D eigenvalue weighted by Gasteiger charge is 2.39. The standard InChI is InChI=1S/C28H31ClN2O4/c1-28(2,3)35-27(34)31-17-20-8-5-4-7-19(20)15-22(31)16-23(26(32)33)25(24-9-6-14-30-24)18-10-12-21(29)13-11-18/h4-14,22-23,25,30H,15-17H2,1-3H3,(H,32,33). The summed E-state index contributed by atoms with van der Waals surface area (Å²) in [6.45, 7) is 5.88. The predicted octanol–water partition coefficient (Wildman–Crippen LogP) is 6.25. The topological polar surface area (TPSA) is 82.6 Å². The highest BCUT2D eigenvalue weighted by molar-refractivity contribution is 6.30. The van der Waals surface area contributed by atoms with Crippen molar-refractivity contribution < 1.29 is 19.4 Å². The number of nitrogens with one attached hydrogen (secondary N) is 1. The predicted molar refractivity (Wildman–Crippen MR) is 136 cm³/mol. The molecule has 3 aromatic rings. The van der Waals surface area contributed by atoms with Crippen LogP contribution in [-0.2, 0) is 22.5 Å². The number of H-pyrrole nitrogens is 1. The highest BCUT2D eigenvalue weighted by Crippen LogP contribution is 2.38. The number of carbonyl (C=O) groups excluding carboxylic acids is 1. The van der Waals surface area contributed by atoms with Crippen molar-refractivity contribution in [3.63, 3.8) is 0 Å². The van der Waals surface area contributed by atoms with Gasteiger partial charge in [-0.25, -0.2) is 4.79 Å². The van der Waals surface area contributed by atoms with Crippen LogP contribution in [-0.4, -0.2) is 38.7 Å². The average Bonchev–Trinajstić information content (AvgIpc) is 3.32. The first-order valence-corrected chi connectivity index (χ1v) is 12.2. The number of halogens is 1. The van der Waals surface area contributed by atoms with Crippen LogP contribution in [0.5, 0.6) is 0 Å². The molecule has 1 aliphatic rings. The molecule has 2 N–H and O–H groups in total. The monoisotopic (exact) mass is 494 g/mol. The Labute approximate surface area is 210 Å². The van der Waals surface area contributed by atoms with Gasteiger partial charge in [0.05, 0.1) is 5.92 Å². The van der Waals surface area contributed by atoms with Crippen LogP contribution in [0.3, 0.4) is 0 Å². The van der Waals surface area contributed by atoms with Gasteiger partial charge in [-0.2, -0.15) is 0 Å². The van der Waals surface area contributed by atoms with Gasteiger partial charge in [-0.05, 0) is 74.6 Å². The first-order chi connectivity index (χ1) is 16.6. The fourth-order valence-electron chi connectivity index (χ4n) is 4.84. The van der Waals surface area contributed by atoms with Gasteiger partial charge in [-0.3, -0.25) is 4.79 Å². The van der Waals surface area contributed by atoms with Crippen molar-refractivity contribution in [2.75, 3.05) is 0 Å². The second kappa shape index (κ2) is 10.2. The maximum atomic E-state index is 13.2. The molecule has 7 heteroatoms. The second-order valence-corrected chi connectivity index (χ2v) is 10.5. The van der Waals surface area contributed by atoms with E-state index in [1.54, 1.807) is 23.2 Å². The maximum Gasteiger partial charge on any atom is 0.410 e. The first-order valence-electron chi connectivity index (χ1n) is 11.8. The summed E-state index contributed by atoms with van der Waals surface area (Å²) in [5, 5.41) is 11.0. The second-order valence-electron chi connectivity index (χ2n) is 10.1.